The predicted octanol–water partition coefficient (Wildman–Crippen LogP) is 17.5. The van der Waals surface area contributed by atoms with Gasteiger partial charge in [-0.05, 0) is 109 Å². The summed E-state index contributed by atoms with van der Waals surface area (Å²) in [6.07, 6.45) is 1.86. The number of hydrogen-bond donors (Lipinski definition) is 1. The Balaban J connectivity index is 0.00000741. The maximum Gasteiger partial charge on any atom is 0.148 e. The minimum Gasteiger partial charge on any atom is -0.507 e. The number of phenolic OH excluding ortho intramolecular Hbond substituents is 1. The quantitative estimate of drug-likeness (QED) is 0.147. The summed E-state index contributed by atoms with van der Waals surface area (Å²) >= 11 is 0. The normalized spacial score (nSPS) is 13.5. The zero-order valence-electron chi connectivity index (χ0n) is 45.7. The standard InChI is InChI=1S/C63H70N3O.Pt/c1-38(2)41-22-24-42(25-23-41)44-30-31-64-55(35-44)46-32-45(33-47(34-46)61(7,8)9)52-20-17-21-56-58(52)65-60(53-36-48(62(10,11)12)37-54(59(53)67)63(13,14)15)66(56)49-28-26-43(27-29-49)57-50(39(3)4)18-16-19-51(57)40(5)6;/h16-31,33-40,67H,1-15H3;/q-1;/i38D,39D,40D;. The molecule has 0 saturated carbocycles. The van der Waals surface area contributed by atoms with Crippen LogP contribution in [0.4, 0.5) is 0 Å². The fourth-order valence-corrected chi connectivity index (χ4v) is 9.08. The van der Waals surface area contributed by atoms with Crippen molar-refractivity contribution in [2.45, 2.75) is 138 Å². The van der Waals surface area contributed by atoms with Crippen LogP contribution in [0.3, 0.4) is 0 Å². The Hall–Kier alpha value is -5.57. The van der Waals surface area contributed by atoms with E-state index in [-0.39, 0.29) is 43.1 Å². The van der Waals surface area contributed by atoms with Gasteiger partial charge in [0.25, 0.3) is 0 Å². The molecule has 0 radical (unpaired) electrons. The third kappa shape index (κ3) is 9.95. The Morgan fingerprint density at radius 3 is 1.72 bits per heavy atom. The molecule has 1 N–H and O–H groups in total. The number of para-hydroxylation sites is 1. The topological polar surface area (TPSA) is 50.9 Å². The smallest absolute Gasteiger partial charge is 0.148 e. The molecule has 0 unspecified atom stereocenters. The van der Waals surface area contributed by atoms with Crippen LogP contribution in [0.2, 0.25) is 0 Å². The maximum absolute atomic E-state index is 12.5. The summed E-state index contributed by atoms with van der Waals surface area (Å²) in [6, 6.07) is 45.5. The molecule has 0 bridgehead atoms. The first-order chi connectivity index (χ1) is 32.4. The molecule has 0 saturated heterocycles. The monoisotopic (exact) mass is 1080 g/mol. The molecule has 2 heterocycles. The van der Waals surface area contributed by atoms with E-state index in [1.54, 1.807) is 0 Å². The van der Waals surface area contributed by atoms with Crippen LogP contribution in [0.25, 0.3) is 72.7 Å². The van der Waals surface area contributed by atoms with Crippen LogP contribution < -0.4 is 0 Å². The van der Waals surface area contributed by atoms with Crippen molar-refractivity contribution in [1.82, 2.24) is 14.5 Å². The van der Waals surface area contributed by atoms with Crippen molar-refractivity contribution < 1.29 is 30.3 Å². The van der Waals surface area contributed by atoms with E-state index in [2.05, 4.69) is 158 Å². The SMILES string of the molecule is [2H]C(C)(C)c1ccc(-c2ccnc(-c3[c-]c(-c4cccc5c4nc(-c4cc(C(C)(C)C)cc(C(C)(C)C)c4O)n5-c4ccc(-c5c(C([2H])(C)C)cccc5C([2H])(C)C)cc4)cc(C(C)(C)C)c3)c2)cc1.[Pt]. The van der Waals surface area contributed by atoms with Gasteiger partial charge in [-0.15, -0.1) is 29.3 Å². The van der Waals surface area contributed by atoms with Crippen LogP contribution in [0.5, 0.6) is 5.75 Å². The first kappa shape index (κ1) is 46.2. The van der Waals surface area contributed by atoms with Crippen LogP contribution in [0.15, 0.2) is 128 Å². The van der Waals surface area contributed by atoms with E-state index in [0.717, 1.165) is 94.7 Å². The molecule has 0 aliphatic rings. The summed E-state index contributed by atoms with van der Waals surface area (Å²) in [5.74, 6) is -1.66. The van der Waals surface area contributed by atoms with Gasteiger partial charge < -0.3 is 5.11 Å². The zero-order chi connectivity index (χ0) is 51.1. The number of nitrogens with zero attached hydrogens (tertiary/aromatic N) is 3. The van der Waals surface area contributed by atoms with Gasteiger partial charge in [0.1, 0.15) is 11.6 Å². The molecule has 68 heavy (non-hydrogen) atoms. The number of imidazole rings is 1. The minimum atomic E-state index is -0.896. The molecule has 5 heteroatoms. The third-order valence-corrected chi connectivity index (χ3v) is 13.1. The second kappa shape index (κ2) is 19.1. The molecule has 0 atom stereocenters. The van der Waals surface area contributed by atoms with Gasteiger partial charge in [-0.2, -0.15) is 0 Å². The van der Waals surface area contributed by atoms with Crippen LogP contribution in [-0.2, 0) is 37.3 Å². The Bertz CT molecular complexity index is 3220. The zero-order valence-corrected chi connectivity index (χ0v) is 45.0. The average molecular weight is 1080 g/mol. The van der Waals surface area contributed by atoms with Crippen molar-refractivity contribution in [1.29, 1.82) is 0 Å². The molecule has 0 amide bonds. The van der Waals surface area contributed by atoms with Gasteiger partial charge in [0.05, 0.1) is 16.6 Å². The summed E-state index contributed by atoms with van der Waals surface area (Å²) < 4.78 is 29.0. The molecule has 8 rings (SSSR count). The van der Waals surface area contributed by atoms with Crippen LogP contribution in [0, 0.1) is 6.07 Å². The van der Waals surface area contributed by atoms with E-state index in [1.165, 1.54) is 0 Å². The second-order valence-electron chi connectivity index (χ2n) is 22.1. The number of benzene rings is 6. The van der Waals surface area contributed by atoms with Gasteiger partial charge in [0.2, 0.25) is 0 Å². The molecule has 0 aliphatic heterocycles. The molecule has 4 nitrogen and oxygen atoms in total. The molecule has 6 aromatic carbocycles. The third-order valence-electron chi connectivity index (χ3n) is 13.1. The number of fused-ring (bicyclic) bond motifs is 1. The number of aromatic hydroxyl groups is 1. The summed E-state index contributed by atoms with van der Waals surface area (Å²) in [6.45, 7) is 31.1. The first-order valence-electron chi connectivity index (χ1n) is 25.2. The molecule has 0 fully saturated rings. The molecule has 8 aromatic rings. The van der Waals surface area contributed by atoms with E-state index in [1.807, 2.05) is 84.1 Å². The van der Waals surface area contributed by atoms with Crippen molar-refractivity contribution in [3.63, 3.8) is 0 Å². The summed E-state index contributed by atoms with van der Waals surface area (Å²) in [5.41, 5.74) is 15.5. The second-order valence-corrected chi connectivity index (χ2v) is 22.1. The van der Waals surface area contributed by atoms with Crippen LogP contribution in [-0.4, -0.2) is 19.6 Å². The predicted molar refractivity (Wildman–Crippen MR) is 285 cm³/mol. The summed E-state index contributed by atoms with van der Waals surface area (Å²) in [7, 11) is 0. The van der Waals surface area contributed by atoms with Crippen molar-refractivity contribution in [2.24, 2.45) is 0 Å². The molecule has 2 aromatic heterocycles. The maximum atomic E-state index is 12.5. The van der Waals surface area contributed by atoms with Crippen molar-refractivity contribution >= 4 is 11.0 Å². The summed E-state index contributed by atoms with van der Waals surface area (Å²) in [4.78, 5) is 10.5. The van der Waals surface area contributed by atoms with Gasteiger partial charge in [0, 0.05) is 48.3 Å². The van der Waals surface area contributed by atoms with Gasteiger partial charge in [-0.1, -0.05) is 194 Å². The molecule has 0 spiro atoms. The molecular weight excluding hydrogens is 1010 g/mol. The molecular formula is C63H70N3OPt-. The van der Waals surface area contributed by atoms with Gasteiger partial charge in [0.15, 0.2) is 0 Å². The van der Waals surface area contributed by atoms with E-state index in [9.17, 15) is 5.11 Å². The summed E-state index contributed by atoms with van der Waals surface area (Å²) in [5, 5.41) is 12.5. The van der Waals surface area contributed by atoms with Crippen LogP contribution in [0.1, 0.15) is 159 Å². The minimum absolute atomic E-state index is 0. The van der Waals surface area contributed by atoms with Gasteiger partial charge in [-0.3, -0.25) is 9.55 Å². The van der Waals surface area contributed by atoms with E-state index >= 15 is 0 Å². The Labute approximate surface area is 425 Å². The fourth-order valence-electron chi connectivity index (χ4n) is 9.08. The molecule has 354 valence electrons. The fraction of sp³-hybridized carbons (Fsp3) is 0.333. The van der Waals surface area contributed by atoms with Crippen molar-refractivity contribution in [2.75, 3.05) is 0 Å². The van der Waals surface area contributed by atoms with Gasteiger partial charge >= 0.3 is 0 Å². The Morgan fingerprint density at radius 2 is 1.15 bits per heavy atom. The first-order valence-corrected chi connectivity index (χ1v) is 23.7. The van der Waals surface area contributed by atoms with Crippen LogP contribution >= 0.6 is 0 Å². The average Bonchev–Trinajstić information content (AvgIpc) is 3.66. The Morgan fingerprint density at radius 1 is 0.574 bits per heavy atom. The van der Waals surface area contributed by atoms with E-state index in [0.29, 0.717) is 11.4 Å². The van der Waals surface area contributed by atoms with Crippen molar-refractivity contribution in [3.05, 3.63) is 167 Å². The number of rotatable bonds is 9. The number of phenols is 1. The Kier molecular flexibility index (Phi) is 13.0. The number of aromatic nitrogens is 3. The number of pyridine rings is 1. The van der Waals surface area contributed by atoms with E-state index < -0.39 is 17.7 Å². The van der Waals surface area contributed by atoms with E-state index in [4.69, 9.17) is 14.1 Å². The van der Waals surface area contributed by atoms with Crippen molar-refractivity contribution in [3.8, 4) is 67.5 Å². The largest absolute Gasteiger partial charge is 0.507 e. The number of hydrogen-bond acceptors (Lipinski definition) is 3. The molecule has 0 aliphatic carbocycles. The van der Waals surface area contributed by atoms with Gasteiger partial charge in [-0.25, -0.2) is 4.98 Å².